The van der Waals surface area contributed by atoms with Gasteiger partial charge in [0.15, 0.2) is 12.1 Å². The van der Waals surface area contributed by atoms with Crippen LogP contribution in [0.1, 0.15) is 74.5 Å². The van der Waals surface area contributed by atoms with Gasteiger partial charge >= 0.3 is 0 Å². The van der Waals surface area contributed by atoms with E-state index in [0.717, 1.165) is 32.4 Å². The van der Waals surface area contributed by atoms with Crippen LogP contribution in [-0.2, 0) is 11.2 Å². The molecule has 0 N–H and O–H groups in total. The van der Waals surface area contributed by atoms with Crippen molar-refractivity contribution >= 4 is 11.8 Å². The van der Waals surface area contributed by atoms with E-state index in [-0.39, 0.29) is 17.2 Å². The van der Waals surface area contributed by atoms with Crippen LogP contribution in [0.2, 0.25) is 0 Å². The lowest BCUT2D eigenvalue weighted by atomic mass is 9.77. The number of oxazole rings is 1. The lowest BCUT2D eigenvalue weighted by Crippen LogP contribution is -2.51. The number of piperidine rings is 1. The zero-order valence-corrected chi connectivity index (χ0v) is 16.4. The number of aryl methyl sites for hydroxylation is 1. The molecule has 3 heterocycles. The second kappa shape index (κ2) is 7.64. The Balaban J connectivity index is 1.43. The van der Waals surface area contributed by atoms with Crippen LogP contribution in [0.15, 0.2) is 10.8 Å². The van der Waals surface area contributed by atoms with Crippen molar-refractivity contribution in [2.24, 2.45) is 11.3 Å². The molecule has 6 heteroatoms. The van der Waals surface area contributed by atoms with Crippen molar-refractivity contribution in [3.05, 3.63) is 17.8 Å². The van der Waals surface area contributed by atoms with Gasteiger partial charge in [0.25, 0.3) is 5.91 Å². The molecule has 1 aromatic rings. The molecule has 2 amide bonds. The average molecular weight is 373 g/mol. The smallest absolute Gasteiger partial charge is 0.276 e. The summed E-state index contributed by atoms with van der Waals surface area (Å²) in [4.78, 5) is 34.3. The standard InChI is InChI=1S/C21H31N3O3/c1-2-17-18(22-15-27-17)19(25)24-12-10-21(14-24)9-6-11-23(20(21)26)13-16-7-4-3-5-8-16/h15-16H,2-14H2,1H3. The summed E-state index contributed by atoms with van der Waals surface area (Å²) in [6.45, 7) is 4.92. The number of nitrogens with zero attached hydrogens (tertiary/aromatic N) is 3. The van der Waals surface area contributed by atoms with Gasteiger partial charge in [0, 0.05) is 32.6 Å². The minimum absolute atomic E-state index is 0.0883. The van der Waals surface area contributed by atoms with E-state index in [1.807, 2.05) is 11.8 Å². The van der Waals surface area contributed by atoms with Gasteiger partial charge in [-0.3, -0.25) is 9.59 Å². The molecule has 1 aliphatic carbocycles. The van der Waals surface area contributed by atoms with Crippen LogP contribution >= 0.6 is 0 Å². The number of carbonyl (C=O) groups excluding carboxylic acids is 2. The second-order valence-electron chi connectivity index (χ2n) is 8.59. The summed E-state index contributed by atoms with van der Waals surface area (Å²) in [5, 5.41) is 0. The number of carbonyl (C=O) groups is 2. The van der Waals surface area contributed by atoms with E-state index in [4.69, 9.17) is 4.42 Å². The fraction of sp³-hybridized carbons (Fsp3) is 0.762. The lowest BCUT2D eigenvalue weighted by molar-refractivity contribution is -0.146. The molecule has 148 valence electrons. The molecule has 1 spiro atoms. The Morgan fingerprint density at radius 2 is 2.04 bits per heavy atom. The molecule has 1 atom stereocenters. The number of amides is 2. The fourth-order valence-corrected chi connectivity index (χ4v) is 5.28. The molecular formula is C21H31N3O3. The highest BCUT2D eigenvalue weighted by atomic mass is 16.3. The summed E-state index contributed by atoms with van der Waals surface area (Å²) in [6.07, 6.45) is 11.2. The third-order valence-corrected chi connectivity index (χ3v) is 6.83. The Kier molecular flexibility index (Phi) is 5.24. The molecule has 2 saturated heterocycles. The van der Waals surface area contributed by atoms with Crippen LogP contribution < -0.4 is 0 Å². The highest BCUT2D eigenvalue weighted by molar-refractivity contribution is 5.94. The van der Waals surface area contributed by atoms with Gasteiger partial charge in [-0.15, -0.1) is 0 Å². The van der Waals surface area contributed by atoms with Gasteiger partial charge in [-0.1, -0.05) is 26.2 Å². The summed E-state index contributed by atoms with van der Waals surface area (Å²) in [5.41, 5.74) is 0.0375. The molecule has 0 aromatic carbocycles. The number of hydrogen-bond donors (Lipinski definition) is 0. The average Bonchev–Trinajstić information content (AvgIpc) is 3.34. The molecule has 0 bridgehead atoms. The van der Waals surface area contributed by atoms with Gasteiger partial charge in [-0.2, -0.15) is 0 Å². The number of likely N-dealkylation sites (tertiary alicyclic amines) is 2. The largest absolute Gasteiger partial charge is 0.448 e. The lowest BCUT2D eigenvalue weighted by Gasteiger charge is -2.41. The van der Waals surface area contributed by atoms with Crippen LogP contribution in [0.5, 0.6) is 0 Å². The Bertz CT molecular complexity index is 695. The van der Waals surface area contributed by atoms with Crippen molar-refractivity contribution in [1.29, 1.82) is 0 Å². The van der Waals surface area contributed by atoms with Crippen LogP contribution in [0.4, 0.5) is 0 Å². The summed E-state index contributed by atoms with van der Waals surface area (Å²) < 4.78 is 5.32. The fourth-order valence-electron chi connectivity index (χ4n) is 5.28. The zero-order chi connectivity index (χ0) is 18.9. The first-order chi connectivity index (χ1) is 13.1. The second-order valence-corrected chi connectivity index (χ2v) is 8.59. The van der Waals surface area contributed by atoms with Gasteiger partial charge in [-0.25, -0.2) is 4.98 Å². The minimum atomic E-state index is -0.376. The minimum Gasteiger partial charge on any atom is -0.448 e. The maximum Gasteiger partial charge on any atom is 0.276 e. The van der Waals surface area contributed by atoms with Gasteiger partial charge in [0.05, 0.1) is 5.41 Å². The van der Waals surface area contributed by atoms with E-state index in [1.165, 1.54) is 38.5 Å². The number of hydrogen-bond acceptors (Lipinski definition) is 4. The molecule has 1 unspecified atom stereocenters. The number of rotatable bonds is 4. The highest BCUT2D eigenvalue weighted by Gasteiger charge is 2.50. The predicted molar refractivity (Wildman–Crippen MR) is 101 cm³/mol. The first-order valence-corrected chi connectivity index (χ1v) is 10.6. The van der Waals surface area contributed by atoms with Gasteiger partial charge in [0.2, 0.25) is 5.91 Å². The Labute approximate surface area is 161 Å². The molecule has 3 aliphatic rings. The molecule has 2 aliphatic heterocycles. The van der Waals surface area contributed by atoms with Crippen LogP contribution in [0.3, 0.4) is 0 Å². The van der Waals surface area contributed by atoms with Crippen molar-refractivity contribution < 1.29 is 14.0 Å². The first kappa shape index (κ1) is 18.5. The summed E-state index contributed by atoms with van der Waals surface area (Å²) in [7, 11) is 0. The van der Waals surface area contributed by atoms with E-state index in [0.29, 0.717) is 36.9 Å². The Morgan fingerprint density at radius 3 is 2.81 bits per heavy atom. The number of aromatic nitrogens is 1. The van der Waals surface area contributed by atoms with Gasteiger partial charge in [0.1, 0.15) is 5.76 Å². The third kappa shape index (κ3) is 3.50. The van der Waals surface area contributed by atoms with Crippen LogP contribution in [-0.4, -0.2) is 52.8 Å². The summed E-state index contributed by atoms with van der Waals surface area (Å²) in [5.74, 6) is 1.49. The van der Waals surface area contributed by atoms with E-state index in [2.05, 4.69) is 9.88 Å². The van der Waals surface area contributed by atoms with E-state index >= 15 is 0 Å². The highest BCUT2D eigenvalue weighted by Crippen LogP contribution is 2.41. The van der Waals surface area contributed by atoms with Crippen LogP contribution in [0, 0.1) is 11.3 Å². The van der Waals surface area contributed by atoms with Crippen LogP contribution in [0.25, 0.3) is 0 Å². The van der Waals surface area contributed by atoms with Gasteiger partial charge < -0.3 is 14.2 Å². The molecule has 1 saturated carbocycles. The summed E-state index contributed by atoms with van der Waals surface area (Å²) in [6, 6.07) is 0. The van der Waals surface area contributed by atoms with Crippen molar-refractivity contribution in [3.63, 3.8) is 0 Å². The van der Waals surface area contributed by atoms with Crippen molar-refractivity contribution in [1.82, 2.24) is 14.8 Å². The molecular weight excluding hydrogens is 342 g/mol. The maximum absolute atomic E-state index is 13.4. The molecule has 27 heavy (non-hydrogen) atoms. The maximum atomic E-state index is 13.4. The van der Waals surface area contributed by atoms with Crippen molar-refractivity contribution in [3.8, 4) is 0 Å². The normalized spacial score (nSPS) is 26.9. The topological polar surface area (TPSA) is 66.7 Å². The monoisotopic (exact) mass is 373 g/mol. The SMILES string of the molecule is CCc1ocnc1C(=O)N1CCC2(CCCN(CC3CCCCC3)C2=O)C1. The van der Waals surface area contributed by atoms with Crippen molar-refractivity contribution in [2.45, 2.75) is 64.7 Å². The van der Waals surface area contributed by atoms with E-state index in [1.54, 1.807) is 0 Å². The third-order valence-electron chi connectivity index (χ3n) is 6.83. The molecule has 6 nitrogen and oxygen atoms in total. The zero-order valence-electron chi connectivity index (χ0n) is 16.4. The van der Waals surface area contributed by atoms with E-state index < -0.39 is 0 Å². The molecule has 1 aromatic heterocycles. The molecule has 3 fully saturated rings. The predicted octanol–water partition coefficient (Wildman–Crippen LogP) is 3.27. The van der Waals surface area contributed by atoms with Gasteiger partial charge in [-0.05, 0) is 38.0 Å². The Morgan fingerprint density at radius 1 is 1.22 bits per heavy atom. The molecule has 4 rings (SSSR count). The molecule has 0 radical (unpaired) electrons. The van der Waals surface area contributed by atoms with E-state index in [9.17, 15) is 9.59 Å². The first-order valence-electron chi connectivity index (χ1n) is 10.6. The summed E-state index contributed by atoms with van der Waals surface area (Å²) >= 11 is 0. The quantitative estimate of drug-likeness (QED) is 0.812. The Hall–Kier alpha value is -1.85. The van der Waals surface area contributed by atoms with Crippen molar-refractivity contribution in [2.75, 3.05) is 26.2 Å².